The van der Waals surface area contributed by atoms with E-state index in [2.05, 4.69) is 10.2 Å². The Hall–Kier alpha value is -2.38. The zero-order valence-electron chi connectivity index (χ0n) is 14.6. The summed E-state index contributed by atoms with van der Waals surface area (Å²) in [5.74, 6) is 1.53. The molecule has 0 saturated heterocycles. The van der Waals surface area contributed by atoms with E-state index in [4.69, 9.17) is 4.74 Å². The van der Waals surface area contributed by atoms with Crippen molar-refractivity contribution in [3.05, 3.63) is 59.9 Å². The number of aromatic nitrogens is 3. The number of thioether (sulfide) groups is 1. The molecule has 0 saturated carbocycles. The van der Waals surface area contributed by atoms with Gasteiger partial charge in [-0.15, -0.1) is 10.2 Å². The molecule has 136 valence electrons. The van der Waals surface area contributed by atoms with Crippen LogP contribution in [0.3, 0.4) is 0 Å². The quantitative estimate of drug-likeness (QED) is 0.643. The topological polar surface area (TPSA) is 60.2 Å². The molecule has 7 heteroatoms. The number of aryl methyl sites for hydroxylation is 1. The van der Waals surface area contributed by atoms with Crippen molar-refractivity contribution in [1.29, 1.82) is 0 Å². The van der Waals surface area contributed by atoms with Crippen molar-refractivity contribution in [3.8, 4) is 17.1 Å². The molecule has 1 unspecified atom stereocenters. The molecule has 0 spiro atoms. The molecule has 3 rings (SSSR count). The maximum Gasteiger partial charge on any atom is 0.191 e. The van der Waals surface area contributed by atoms with Crippen LogP contribution in [-0.4, -0.2) is 38.3 Å². The zero-order valence-corrected chi connectivity index (χ0v) is 15.4. The second-order valence-corrected chi connectivity index (χ2v) is 6.95. The third-order valence-corrected chi connectivity index (χ3v) is 4.97. The molecule has 1 heterocycles. The van der Waals surface area contributed by atoms with Crippen LogP contribution < -0.4 is 4.74 Å². The van der Waals surface area contributed by atoms with Gasteiger partial charge in [-0.05, 0) is 43.3 Å². The average Bonchev–Trinajstić information content (AvgIpc) is 3.01. The molecular formula is C19H20FN3O2S. The number of halogens is 1. The zero-order chi connectivity index (χ0) is 18.5. The summed E-state index contributed by atoms with van der Waals surface area (Å²) in [7, 11) is 1.84. The first-order valence-corrected chi connectivity index (χ1v) is 9.17. The highest BCUT2D eigenvalue weighted by atomic mass is 32.2. The smallest absolute Gasteiger partial charge is 0.191 e. The Bertz CT molecular complexity index is 850. The van der Waals surface area contributed by atoms with E-state index in [0.717, 1.165) is 16.9 Å². The van der Waals surface area contributed by atoms with Gasteiger partial charge >= 0.3 is 0 Å². The molecule has 0 amide bonds. The van der Waals surface area contributed by atoms with Gasteiger partial charge in [0.2, 0.25) is 0 Å². The average molecular weight is 373 g/mol. The SMILES string of the molecule is Cc1ccc(OCC(O)CSc2nnc(-c3ccc(F)cc3)n2C)cc1. The minimum atomic E-state index is -0.632. The maximum atomic E-state index is 13.0. The van der Waals surface area contributed by atoms with Gasteiger partial charge in [0, 0.05) is 18.4 Å². The third kappa shape index (κ3) is 4.62. The fourth-order valence-corrected chi connectivity index (χ4v) is 3.15. The van der Waals surface area contributed by atoms with E-state index in [1.807, 2.05) is 42.8 Å². The van der Waals surface area contributed by atoms with Gasteiger partial charge in [0.15, 0.2) is 11.0 Å². The molecule has 0 fully saturated rings. The molecule has 0 radical (unpaired) electrons. The number of ether oxygens (including phenoxy) is 1. The monoisotopic (exact) mass is 373 g/mol. The van der Waals surface area contributed by atoms with Crippen LogP contribution in [0.25, 0.3) is 11.4 Å². The lowest BCUT2D eigenvalue weighted by Crippen LogP contribution is -2.20. The Labute approximate surface area is 155 Å². The minimum absolute atomic E-state index is 0.207. The number of aliphatic hydroxyl groups is 1. The molecular weight excluding hydrogens is 353 g/mol. The maximum absolute atomic E-state index is 13.0. The molecule has 3 aromatic rings. The van der Waals surface area contributed by atoms with Crippen LogP contribution in [0, 0.1) is 12.7 Å². The highest BCUT2D eigenvalue weighted by Crippen LogP contribution is 2.23. The highest BCUT2D eigenvalue weighted by Gasteiger charge is 2.14. The minimum Gasteiger partial charge on any atom is -0.491 e. The van der Waals surface area contributed by atoms with Crippen LogP contribution in [0.15, 0.2) is 53.7 Å². The molecule has 0 aliphatic carbocycles. The van der Waals surface area contributed by atoms with Gasteiger partial charge in [0.1, 0.15) is 18.2 Å². The molecule has 1 N–H and O–H groups in total. The Balaban J connectivity index is 1.54. The van der Waals surface area contributed by atoms with Crippen molar-refractivity contribution >= 4 is 11.8 Å². The predicted molar refractivity (Wildman–Crippen MR) is 99.8 cm³/mol. The second-order valence-electron chi connectivity index (χ2n) is 5.96. The third-order valence-electron chi connectivity index (χ3n) is 3.81. The van der Waals surface area contributed by atoms with Gasteiger partial charge in [-0.2, -0.15) is 0 Å². The first-order valence-electron chi connectivity index (χ1n) is 8.18. The molecule has 2 aromatic carbocycles. The van der Waals surface area contributed by atoms with Gasteiger partial charge in [-0.25, -0.2) is 4.39 Å². The normalized spacial score (nSPS) is 12.2. The summed E-state index contributed by atoms with van der Waals surface area (Å²) in [6.07, 6.45) is -0.632. The van der Waals surface area contributed by atoms with Gasteiger partial charge in [0.25, 0.3) is 0 Å². The number of benzene rings is 2. The van der Waals surface area contributed by atoms with Crippen molar-refractivity contribution in [1.82, 2.24) is 14.8 Å². The number of hydrogen-bond donors (Lipinski definition) is 1. The lowest BCUT2D eigenvalue weighted by molar-refractivity contribution is 0.126. The summed E-state index contributed by atoms with van der Waals surface area (Å²) in [5.41, 5.74) is 1.95. The number of hydrogen-bond acceptors (Lipinski definition) is 5. The van der Waals surface area contributed by atoms with Crippen LogP contribution in [0.2, 0.25) is 0 Å². The van der Waals surface area contributed by atoms with E-state index in [1.165, 1.54) is 23.9 Å². The summed E-state index contributed by atoms with van der Waals surface area (Å²) >= 11 is 1.40. The van der Waals surface area contributed by atoms with Crippen molar-refractivity contribution < 1.29 is 14.2 Å². The van der Waals surface area contributed by atoms with Crippen molar-refractivity contribution in [2.45, 2.75) is 18.2 Å². The van der Waals surface area contributed by atoms with E-state index in [9.17, 15) is 9.50 Å². The summed E-state index contributed by atoms with van der Waals surface area (Å²) in [6, 6.07) is 13.8. The summed E-state index contributed by atoms with van der Waals surface area (Å²) in [4.78, 5) is 0. The van der Waals surface area contributed by atoms with E-state index >= 15 is 0 Å². The van der Waals surface area contributed by atoms with Crippen LogP contribution in [0.4, 0.5) is 4.39 Å². The summed E-state index contributed by atoms with van der Waals surface area (Å²) in [6.45, 7) is 2.22. The molecule has 1 atom stereocenters. The lowest BCUT2D eigenvalue weighted by atomic mass is 10.2. The van der Waals surface area contributed by atoms with Crippen LogP contribution >= 0.6 is 11.8 Å². The highest BCUT2D eigenvalue weighted by molar-refractivity contribution is 7.99. The lowest BCUT2D eigenvalue weighted by Gasteiger charge is -2.12. The Morgan fingerprint density at radius 3 is 2.50 bits per heavy atom. The fourth-order valence-electron chi connectivity index (χ4n) is 2.34. The first-order chi connectivity index (χ1) is 12.5. The van der Waals surface area contributed by atoms with Crippen LogP contribution in [0.5, 0.6) is 5.75 Å². The molecule has 26 heavy (non-hydrogen) atoms. The van der Waals surface area contributed by atoms with E-state index < -0.39 is 6.10 Å². The number of nitrogens with zero attached hydrogens (tertiary/aromatic N) is 3. The first kappa shape index (κ1) is 18.4. The molecule has 0 aliphatic rings. The molecule has 5 nitrogen and oxygen atoms in total. The Morgan fingerprint density at radius 1 is 1.12 bits per heavy atom. The predicted octanol–water partition coefficient (Wildman–Crippen LogP) is 3.46. The van der Waals surface area contributed by atoms with Gasteiger partial charge in [-0.1, -0.05) is 29.5 Å². The van der Waals surface area contributed by atoms with E-state index in [0.29, 0.717) is 16.7 Å². The molecule has 1 aromatic heterocycles. The summed E-state index contributed by atoms with van der Waals surface area (Å²) < 4.78 is 20.5. The standard InChI is InChI=1S/C19H20FN3O2S/c1-13-3-9-17(10-4-13)25-11-16(24)12-26-19-22-21-18(23(19)2)14-5-7-15(20)8-6-14/h3-10,16,24H,11-12H2,1-2H3. The van der Waals surface area contributed by atoms with Gasteiger partial charge in [0.05, 0.1) is 6.10 Å². The molecule has 0 bridgehead atoms. The van der Waals surface area contributed by atoms with Crippen LogP contribution in [0.1, 0.15) is 5.56 Å². The largest absolute Gasteiger partial charge is 0.491 e. The van der Waals surface area contributed by atoms with Gasteiger partial charge in [-0.3, -0.25) is 0 Å². The van der Waals surface area contributed by atoms with Crippen molar-refractivity contribution in [3.63, 3.8) is 0 Å². The molecule has 0 aliphatic heterocycles. The van der Waals surface area contributed by atoms with E-state index in [1.54, 1.807) is 12.1 Å². The second kappa shape index (κ2) is 8.33. The fraction of sp³-hybridized carbons (Fsp3) is 0.263. The Morgan fingerprint density at radius 2 is 1.81 bits per heavy atom. The van der Waals surface area contributed by atoms with Crippen LogP contribution in [-0.2, 0) is 7.05 Å². The van der Waals surface area contributed by atoms with E-state index in [-0.39, 0.29) is 12.4 Å². The van der Waals surface area contributed by atoms with Crippen molar-refractivity contribution in [2.24, 2.45) is 7.05 Å². The Kier molecular flexibility index (Phi) is 5.90. The van der Waals surface area contributed by atoms with Crippen molar-refractivity contribution in [2.75, 3.05) is 12.4 Å². The number of rotatable bonds is 7. The number of aliphatic hydroxyl groups excluding tert-OH is 1. The van der Waals surface area contributed by atoms with Gasteiger partial charge < -0.3 is 14.4 Å². The summed E-state index contributed by atoms with van der Waals surface area (Å²) in [5, 5.41) is 19.1.